The molecule has 1 aliphatic heterocycles. The van der Waals surface area contributed by atoms with Gasteiger partial charge in [0.2, 0.25) is 0 Å². The zero-order valence-corrected chi connectivity index (χ0v) is 28.4. The molecule has 9 aromatic carbocycles. The molecule has 0 fully saturated rings. The monoisotopic (exact) mass is 663 g/mol. The van der Waals surface area contributed by atoms with Gasteiger partial charge in [-0.3, -0.25) is 0 Å². The Bertz CT molecular complexity index is 2740. The van der Waals surface area contributed by atoms with E-state index in [1.54, 1.807) is 0 Å². The van der Waals surface area contributed by atoms with Crippen molar-refractivity contribution in [2.24, 2.45) is 0 Å². The third kappa shape index (κ3) is 5.21. The van der Waals surface area contributed by atoms with E-state index in [4.69, 9.17) is 4.74 Å². The van der Waals surface area contributed by atoms with Crippen LogP contribution in [0, 0.1) is 0 Å². The average Bonchev–Trinajstić information content (AvgIpc) is 3.22. The first-order chi connectivity index (χ1) is 25.8. The number of benzene rings is 9. The standard InChI is InChI=1S/C50H33NO/c1-2-10-34(11-3-1)35-22-27-41(28-23-35)51(42-29-24-37(25-30-42)45-19-7-13-36-12-4-5-18-44(36)45)43-17-6-16-39(32-43)40-26-31-48-47(33-40)46-20-8-14-38-15-9-21-49(52-48)50(38)46/h1-33H. The van der Waals surface area contributed by atoms with Gasteiger partial charge < -0.3 is 9.64 Å². The molecule has 0 bridgehead atoms. The highest BCUT2D eigenvalue weighted by Crippen LogP contribution is 2.48. The lowest BCUT2D eigenvalue weighted by Crippen LogP contribution is -2.10. The van der Waals surface area contributed by atoms with Crippen LogP contribution in [0.4, 0.5) is 17.1 Å². The Hall–Kier alpha value is -6.90. The van der Waals surface area contributed by atoms with E-state index in [2.05, 4.69) is 205 Å². The van der Waals surface area contributed by atoms with Crippen LogP contribution in [0.15, 0.2) is 200 Å². The van der Waals surface area contributed by atoms with E-state index in [1.165, 1.54) is 49.4 Å². The summed E-state index contributed by atoms with van der Waals surface area (Å²) in [7, 11) is 0. The van der Waals surface area contributed by atoms with Gasteiger partial charge in [-0.15, -0.1) is 0 Å². The van der Waals surface area contributed by atoms with E-state index < -0.39 is 0 Å². The lowest BCUT2D eigenvalue weighted by Gasteiger charge is -2.27. The lowest BCUT2D eigenvalue weighted by molar-refractivity contribution is 0.487. The predicted octanol–water partition coefficient (Wildman–Crippen LogP) is 14.2. The van der Waals surface area contributed by atoms with Gasteiger partial charge in [0.15, 0.2) is 0 Å². The minimum Gasteiger partial charge on any atom is -0.456 e. The molecule has 52 heavy (non-hydrogen) atoms. The zero-order chi connectivity index (χ0) is 34.4. The van der Waals surface area contributed by atoms with Crippen LogP contribution >= 0.6 is 0 Å². The number of ether oxygens (including phenoxy) is 1. The molecule has 0 atom stereocenters. The Morgan fingerprint density at radius 2 is 0.885 bits per heavy atom. The average molecular weight is 664 g/mol. The summed E-state index contributed by atoms with van der Waals surface area (Å²) >= 11 is 0. The summed E-state index contributed by atoms with van der Waals surface area (Å²) in [6, 6.07) is 71.7. The summed E-state index contributed by atoms with van der Waals surface area (Å²) < 4.78 is 6.42. The van der Waals surface area contributed by atoms with E-state index in [1.807, 2.05) is 0 Å². The fraction of sp³-hybridized carbons (Fsp3) is 0. The number of hydrogen-bond acceptors (Lipinski definition) is 2. The Balaban J connectivity index is 1.07. The largest absolute Gasteiger partial charge is 0.456 e. The van der Waals surface area contributed by atoms with Crippen molar-refractivity contribution in [1.82, 2.24) is 0 Å². The molecule has 2 nitrogen and oxygen atoms in total. The summed E-state index contributed by atoms with van der Waals surface area (Å²) in [6.07, 6.45) is 0. The van der Waals surface area contributed by atoms with Crippen molar-refractivity contribution in [3.05, 3.63) is 200 Å². The van der Waals surface area contributed by atoms with Crippen LogP contribution in [-0.4, -0.2) is 0 Å². The summed E-state index contributed by atoms with van der Waals surface area (Å²) in [5.74, 6) is 1.80. The summed E-state index contributed by atoms with van der Waals surface area (Å²) in [6.45, 7) is 0. The van der Waals surface area contributed by atoms with E-state index in [0.29, 0.717) is 0 Å². The van der Waals surface area contributed by atoms with Gasteiger partial charge in [-0.2, -0.15) is 0 Å². The van der Waals surface area contributed by atoms with Crippen LogP contribution in [0.5, 0.6) is 11.5 Å². The van der Waals surface area contributed by atoms with Gasteiger partial charge in [0, 0.05) is 28.0 Å². The molecule has 0 spiro atoms. The Morgan fingerprint density at radius 1 is 0.308 bits per heavy atom. The van der Waals surface area contributed by atoms with E-state index in [0.717, 1.165) is 45.3 Å². The number of hydrogen-bond donors (Lipinski definition) is 0. The zero-order valence-electron chi connectivity index (χ0n) is 28.4. The number of nitrogens with zero attached hydrogens (tertiary/aromatic N) is 1. The van der Waals surface area contributed by atoms with Gasteiger partial charge in [0.25, 0.3) is 0 Å². The lowest BCUT2D eigenvalue weighted by atomic mass is 9.92. The third-order valence-corrected chi connectivity index (χ3v) is 10.3. The van der Waals surface area contributed by atoms with Crippen molar-refractivity contribution in [3.63, 3.8) is 0 Å². The van der Waals surface area contributed by atoms with Gasteiger partial charge >= 0.3 is 0 Å². The number of fused-ring (bicyclic) bond motifs is 3. The molecule has 1 aliphatic rings. The second kappa shape index (κ2) is 12.5. The maximum atomic E-state index is 6.42. The quantitative estimate of drug-likeness (QED) is 0.176. The highest BCUT2D eigenvalue weighted by Gasteiger charge is 2.21. The van der Waals surface area contributed by atoms with Gasteiger partial charge in [0.05, 0.1) is 0 Å². The molecular formula is C50H33NO. The molecule has 0 radical (unpaired) electrons. The molecular weight excluding hydrogens is 631 g/mol. The molecule has 10 rings (SSSR count). The molecule has 0 aromatic heterocycles. The van der Waals surface area contributed by atoms with E-state index in [-0.39, 0.29) is 0 Å². The summed E-state index contributed by atoms with van der Waals surface area (Å²) in [5, 5.41) is 4.86. The van der Waals surface area contributed by atoms with Gasteiger partial charge in [0.1, 0.15) is 11.5 Å². The topological polar surface area (TPSA) is 12.5 Å². The second-order valence-electron chi connectivity index (χ2n) is 13.3. The molecule has 1 heterocycles. The van der Waals surface area contributed by atoms with Crippen molar-refractivity contribution >= 4 is 38.6 Å². The first-order valence-corrected chi connectivity index (χ1v) is 17.8. The highest BCUT2D eigenvalue weighted by atomic mass is 16.5. The van der Waals surface area contributed by atoms with Crippen molar-refractivity contribution in [3.8, 4) is 56.0 Å². The summed E-state index contributed by atoms with van der Waals surface area (Å²) in [5.41, 5.74) is 12.7. The van der Waals surface area contributed by atoms with Gasteiger partial charge in [-0.05, 0) is 110 Å². The summed E-state index contributed by atoms with van der Waals surface area (Å²) in [4.78, 5) is 2.35. The van der Waals surface area contributed by atoms with Crippen LogP contribution in [-0.2, 0) is 0 Å². The molecule has 244 valence electrons. The van der Waals surface area contributed by atoms with Crippen LogP contribution < -0.4 is 9.64 Å². The van der Waals surface area contributed by atoms with Crippen molar-refractivity contribution in [1.29, 1.82) is 0 Å². The van der Waals surface area contributed by atoms with Crippen LogP contribution in [0.3, 0.4) is 0 Å². The maximum Gasteiger partial charge on any atom is 0.135 e. The number of rotatable bonds is 6. The predicted molar refractivity (Wildman–Crippen MR) is 218 cm³/mol. The van der Waals surface area contributed by atoms with E-state index >= 15 is 0 Å². The Kier molecular flexibility index (Phi) is 7.18. The van der Waals surface area contributed by atoms with Crippen LogP contribution in [0.2, 0.25) is 0 Å². The van der Waals surface area contributed by atoms with Crippen LogP contribution in [0.1, 0.15) is 0 Å². The molecule has 0 saturated heterocycles. The normalized spacial score (nSPS) is 11.6. The number of anilines is 3. The van der Waals surface area contributed by atoms with Gasteiger partial charge in [-0.25, -0.2) is 0 Å². The molecule has 2 heteroatoms. The minimum absolute atomic E-state index is 0.887. The van der Waals surface area contributed by atoms with E-state index in [9.17, 15) is 0 Å². The van der Waals surface area contributed by atoms with Crippen LogP contribution in [0.25, 0.3) is 66.1 Å². The molecule has 0 amide bonds. The highest BCUT2D eigenvalue weighted by molar-refractivity contribution is 6.04. The maximum absolute atomic E-state index is 6.42. The minimum atomic E-state index is 0.887. The van der Waals surface area contributed by atoms with Crippen molar-refractivity contribution < 1.29 is 4.74 Å². The molecule has 0 N–H and O–H groups in total. The first-order valence-electron chi connectivity index (χ1n) is 17.8. The van der Waals surface area contributed by atoms with Crippen molar-refractivity contribution in [2.75, 3.05) is 4.90 Å². The SMILES string of the molecule is c1ccc(-c2ccc(N(c3ccc(-c4cccc5ccccc45)cc3)c3cccc(-c4ccc5c(c4)-c4cccc6cccc(c46)O5)c3)cc2)cc1. The van der Waals surface area contributed by atoms with Gasteiger partial charge in [-0.1, -0.05) is 146 Å². The fourth-order valence-corrected chi connectivity index (χ4v) is 7.72. The first kappa shape index (κ1) is 30.0. The smallest absolute Gasteiger partial charge is 0.135 e. The molecule has 0 unspecified atom stereocenters. The van der Waals surface area contributed by atoms with Crippen molar-refractivity contribution in [2.45, 2.75) is 0 Å². The fourth-order valence-electron chi connectivity index (χ4n) is 7.72. The molecule has 0 aliphatic carbocycles. The third-order valence-electron chi connectivity index (χ3n) is 10.3. The Labute approximate surface area is 303 Å². The molecule has 9 aromatic rings. The molecule has 0 saturated carbocycles. The Morgan fingerprint density at radius 3 is 1.69 bits per heavy atom. The second-order valence-corrected chi connectivity index (χ2v) is 13.3.